The molecule has 0 aliphatic heterocycles. The number of rotatable bonds is 4. The number of thiophene rings is 1. The molecule has 3 rings (SSSR count). The van der Waals surface area contributed by atoms with Crippen LogP contribution in [0.2, 0.25) is 0 Å². The summed E-state index contributed by atoms with van der Waals surface area (Å²) in [5.41, 5.74) is 0.850. The number of anilines is 1. The van der Waals surface area contributed by atoms with Crippen molar-refractivity contribution in [3.8, 4) is 10.8 Å². The molecule has 1 aromatic carbocycles. The lowest BCUT2D eigenvalue weighted by molar-refractivity contribution is 0.578. The minimum Gasteiger partial charge on any atom is -0.402 e. The van der Waals surface area contributed by atoms with Crippen molar-refractivity contribution in [2.24, 2.45) is 0 Å². The van der Waals surface area contributed by atoms with Crippen molar-refractivity contribution in [1.29, 1.82) is 0 Å². The molecule has 8 heteroatoms. The van der Waals surface area contributed by atoms with Gasteiger partial charge in [-0.3, -0.25) is 0 Å². The van der Waals surface area contributed by atoms with Crippen molar-refractivity contribution in [3.63, 3.8) is 0 Å². The van der Waals surface area contributed by atoms with Gasteiger partial charge in [-0.1, -0.05) is 23.3 Å². The molecule has 0 aliphatic carbocycles. The average Bonchev–Trinajstić information content (AvgIpc) is 3.08. The quantitative estimate of drug-likeness (QED) is 0.798. The fraction of sp³-hybridized carbons (Fsp3) is 0.0769. The third-order valence-electron chi connectivity index (χ3n) is 2.68. The largest absolute Gasteiger partial charge is 0.402 e. The van der Waals surface area contributed by atoms with Crippen molar-refractivity contribution in [2.75, 3.05) is 4.72 Å². The molecule has 0 atom stereocenters. The van der Waals surface area contributed by atoms with Gasteiger partial charge in [-0.25, -0.2) is 13.1 Å². The number of sulfonamides is 1. The smallest absolute Gasteiger partial charge is 0.330 e. The van der Waals surface area contributed by atoms with Crippen LogP contribution in [0, 0.1) is 6.92 Å². The molecule has 6 nitrogen and oxygen atoms in total. The molecule has 1 N–H and O–H groups in total. The number of hydrogen-bond acceptors (Lipinski definition) is 6. The van der Waals surface area contributed by atoms with E-state index in [0.29, 0.717) is 0 Å². The normalized spacial score (nSPS) is 11.5. The molecule has 21 heavy (non-hydrogen) atoms. The van der Waals surface area contributed by atoms with Crippen LogP contribution in [0.1, 0.15) is 5.56 Å². The summed E-state index contributed by atoms with van der Waals surface area (Å²) in [6.45, 7) is 1.82. The Hall–Kier alpha value is -2.19. The summed E-state index contributed by atoms with van der Waals surface area (Å²) in [4.78, 5) is 0.932. The molecule has 108 valence electrons. The van der Waals surface area contributed by atoms with Gasteiger partial charge >= 0.3 is 6.01 Å². The molecule has 0 unspecified atom stereocenters. The molecular weight excluding hydrogens is 310 g/mol. The minimum absolute atomic E-state index is 0.151. The van der Waals surface area contributed by atoms with Gasteiger partial charge in [0.05, 0.1) is 9.77 Å². The molecular formula is C13H11N3O3S2. The van der Waals surface area contributed by atoms with Gasteiger partial charge in [0, 0.05) is 0 Å². The first-order valence-electron chi connectivity index (χ1n) is 6.01. The minimum atomic E-state index is -3.73. The zero-order valence-corrected chi connectivity index (χ0v) is 12.6. The lowest BCUT2D eigenvalue weighted by atomic mass is 10.2. The summed E-state index contributed by atoms with van der Waals surface area (Å²) in [6.07, 6.45) is 0. The second-order valence-corrected chi connectivity index (χ2v) is 6.94. The second kappa shape index (κ2) is 5.30. The highest BCUT2D eigenvalue weighted by Gasteiger charge is 2.18. The Morgan fingerprint density at radius 3 is 2.76 bits per heavy atom. The van der Waals surface area contributed by atoms with E-state index in [0.717, 1.165) is 10.4 Å². The van der Waals surface area contributed by atoms with Crippen molar-refractivity contribution in [1.82, 2.24) is 10.2 Å². The Morgan fingerprint density at radius 1 is 1.19 bits per heavy atom. The monoisotopic (exact) mass is 321 g/mol. The van der Waals surface area contributed by atoms with Crippen LogP contribution in [0.15, 0.2) is 51.1 Å². The Labute approximate surface area is 125 Å². The molecule has 0 fully saturated rings. The molecule has 2 aromatic heterocycles. The van der Waals surface area contributed by atoms with Gasteiger partial charge in [-0.15, -0.1) is 16.4 Å². The number of nitrogens with one attached hydrogen (secondary N) is 1. The van der Waals surface area contributed by atoms with Gasteiger partial charge in [-0.05, 0) is 36.1 Å². The van der Waals surface area contributed by atoms with Gasteiger partial charge in [0.1, 0.15) is 0 Å². The zero-order valence-electron chi connectivity index (χ0n) is 11.0. The molecule has 0 aliphatic rings. The summed E-state index contributed by atoms with van der Waals surface area (Å²) in [7, 11) is -3.73. The fourth-order valence-corrected chi connectivity index (χ4v) is 3.39. The van der Waals surface area contributed by atoms with Crippen LogP contribution in [-0.2, 0) is 10.0 Å². The third-order valence-corrected chi connectivity index (χ3v) is 4.85. The van der Waals surface area contributed by atoms with Crippen molar-refractivity contribution in [2.45, 2.75) is 11.8 Å². The van der Waals surface area contributed by atoms with Crippen LogP contribution >= 0.6 is 11.3 Å². The van der Waals surface area contributed by atoms with Crippen LogP contribution in [-0.4, -0.2) is 18.6 Å². The van der Waals surface area contributed by atoms with Crippen molar-refractivity contribution in [3.05, 3.63) is 47.3 Å². The lowest BCUT2D eigenvalue weighted by Crippen LogP contribution is -2.13. The number of hydrogen-bond donors (Lipinski definition) is 1. The van der Waals surface area contributed by atoms with Gasteiger partial charge < -0.3 is 4.42 Å². The zero-order chi connectivity index (χ0) is 14.9. The maximum Gasteiger partial charge on any atom is 0.330 e. The van der Waals surface area contributed by atoms with E-state index >= 15 is 0 Å². The van der Waals surface area contributed by atoms with E-state index in [-0.39, 0.29) is 16.8 Å². The van der Waals surface area contributed by atoms with Crippen LogP contribution in [0.5, 0.6) is 0 Å². The van der Waals surface area contributed by atoms with E-state index in [2.05, 4.69) is 14.9 Å². The first kappa shape index (κ1) is 13.8. The SMILES string of the molecule is Cc1cccc(S(=O)(=O)Nc2nnc(-c3cccs3)o2)c1. The second-order valence-electron chi connectivity index (χ2n) is 4.31. The van der Waals surface area contributed by atoms with E-state index in [1.165, 1.54) is 17.4 Å². The van der Waals surface area contributed by atoms with E-state index in [1.54, 1.807) is 12.1 Å². The summed E-state index contributed by atoms with van der Waals surface area (Å²) in [5, 5.41) is 9.40. The number of aromatic nitrogens is 2. The van der Waals surface area contributed by atoms with E-state index in [1.807, 2.05) is 30.5 Å². The van der Waals surface area contributed by atoms with Gasteiger partial charge in [-0.2, -0.15) is 0 Å². The van der Waals surface area contributed by atoms with Gasteiger partial charge in [0.15, 0.2) is 0 Å². The molecule has 2 heterocycles. The summed E-state index contributed by atoms with van der Waals surface area (Å²) in [5.74, 6) is 0.284. The highest BCUT2D eigenvalue weighted by molar-refractivity contribution is 7.92. The van der Waals surface area contributed by atoms with Crippen LogP contribution in [0.4, 0.5) is 6.01 Å². The van der Waals surface area contributed by atoms with E-state index in [4.69, 9.17) is 4.42 Å². The van der Waals surface area contributed by atoms with Crippen LogP contribution < -0.4 is 4.72 Å². The molecule has 0 bridgehead atoms. The molecule has 0 radical (unpaired) electrons. The number of aryl methyl sites for hydroxylation is 1. The van der Waals surface area contributed by atoms with Crippen LogP contribution in [0.25, 0.3) is 10.8 Å². The first-order valence-corrected chi connectivity index (χ1v) is 8.38. The Balaban J connectivity index is 1.86. The predicted molar refractivity (Wildman–Crippen MR) is 79.6 cm³/mol. The highest BCUT2D eigenvalue weighted by Crippen LogP contribution is 2.25. The first-order chi connectivity index (χ1) is 10.0. The maximum absolute atomic E-state index is 12.2. The van der Waals surface area contributed by atoms with E-state index in [9.17, 15) is 8.42 Å². The summed E-state index contributed by atoms with van der Waals surface area (Å²) in [6, 6.07) is 10.1. The number of nitrogens with zero attached hydrogens (tertiary/aromatic N) is 2. The standard InChI is InChI=1S/C13H11N3O3S2/c1-9-4-2-5-10(8-9)21(17,18)16-13-15-14-12(19-13)11-6-3-7-20-11/h2-8H,1H3,(H,15,16). The Morgan fingerprint density at radius 2 is 2.05 bits per heavy atom. The summed E-state index contributed by atoms with van der Waals surface area (Å²) >= 11 is 1.43. The van der Waals surface area contributed by atoms with Gasteiger partial charge in [0.2, 0.25) is 0 Å². The Bertz CT molecular complexity index is 854. The molecule has 0 spiro atoms. The Kier molecular flexibility index (Phi) is 3.48. The fourth-order valence-electron chi connectivity index (χ4n) is 1.72. The van der Waals surface area contributed by atoms with Crippen molar-refractivity contribution >= 4 is 27.4 Å². The average molecular weight is 321 g/mol. The predicted octanol–water partition coefficient (Wildman–Crippen LogP) is 2.91. The van der Waals surface area contributed by atoms with Crippen molar-refractivity contribution < 1.29 is 12.8 Å². The van der Waals surface area contributed by atoms with Crippen LogP contribution in [0.3, 0.4) is 0 Å². The topological polar surface area (TPSA) is 85.1 Å². The lowest BCUT2D eigenvalue weighted by Gasteiger charge is -2.04. The molecule has 0 saturated heterocycles. The number of benzene rings is 1. The molecule has 3 aromatic rings. The van der Waals surface area contributed by atoms with E-state index < -0.39 is 10.0 Å². The van der Waals surface area contributed by atoms with Gasteiger partial charge in [0.25, 0.3) is 15.9 Å². The molecule has 0 amide bonds. The highest BCUT2D eigenvalue weighted by atomic mass is 32.2. The summed E-state index contributed by atoms with van der Waals surface area (Å²) < 4.78 is 32.0. The third kappa shape index (κ3) is 2.96. The maximum atomic E-state index is 12.2. The molecule has 0 saturated carbocycles.